The SMILES string of the molecule is C#CC1(C)O[Si](C)(C#C)CCC1(OC)OC. The fraction of sp³-hybridized carbons (Fsp3) is 0.667. The molecule has 1 saturated heterocycles. The van der Waals surface area contributed by atoms with Crippen LogP contribution in [0.1, 0.15) is 13.3 Å². The van der Waals surface area contributed by atoms with Gasteiger partial charge < -0.3 is 13.9 Å². The number of rotatable bonds is 2. The van der Waals surface area contributed by atoms with E-state index in [1.165, 1.54) is 0 Å². The average Bonchev–Trinajstić information content (AvgIpc) is 2.30. The van der Waals surface area contributed by atoms with Gasteiger partial charge in [0.05, 0.1) is 0 Å². The van der Waals surface area contributed by atoms with Crippen LogP contribution in [0.4, 0.5) is 0 Å². The lowest BCUT2D eigenvalue weighted by Gasteiger charge is -2.50. The highest BCUT2D eigenvalue weighted by molar-refractivity contribution is 6.80. The predicted octanol–water partition coefficient (Wildman–Crippen LogP) is 1.54. The molecule has 0 saturated carbocycles. The molecule has 0 spiro atoms. The van der Waals surface area contributed by atoms with Crippen molar-refractivity contribution in [3.63, 3.8) is 0 Å². The second-order valence-corrected chi connectivity index (χ2v) is 7.77. The van der Waals surface area contributed by atoms with Crippen LogP contribution in [-0.2, 0) is 13.9 Å². The van der Waals surface area contributed by atoms with E-state index in [1.807, 2.05) is 6.55 Å². The number of methoxy groups -OCH3 is 2. The highest BCUT2D eigenvalue weighted by atomic mass is 28.4. The lowest BCUT2D eigenvalue weighted by Crippen LogP contribution is -2.64. The van der Waals surface area contributed by atoms with Gasteiger partial charge in [0.25, 0.3) is 8.32 Å². The molecule has 3 nitrogen and oxygen atoms in total. The summed E-state index contributed by atoms with van der Waals surface area (Å²) in [5.74, 6) is 1.73. The zero-order valence-electron chi connectivity index (χ0n) is 10.3. The van der Waals surface area contributed by atoms with E-state index >= 15 is 0 Å². The average molecular weight is 238 g/mol. The lowest BCUT2D eigenvalue weighted by atomic mass is 9.93. The third-order valence-electron chi connectivity index (χ3n) is 3.33. The van der Waals surface area contributed by atoms with Crippen molar-refractivity contribution in [3.8, 4) is 24.3 Å². The molecule has 1 rings (SSSR count). The van der Waals surface area contributed by atoms with Crippen molar-refractivity contribution < 1.29 is 13.9 Å². The van der Waals surface area contributed by atoms with Gasteiger partial charge in [0.15, 0.2) is 5.60 Å². The fourth-order valence-corrected chi connectivity index (χ4v) is 4.37. The summed E-state index contributed by atoms with van der Waals surface area (Å²) in [7, 11) is 0.981. The Bertz CT molecular complexity index is 350. The molecule has 0 N–H and O–H groups in total. The van der Waals surface area contributed by atoms with Crippen molar-refractivity contribution in [1.82, 2.24) is 0 Å². The second kappa shape index (κ2) is 4.23. The molecule has 0 amide bonds. The van der Waals surface area contributed by atoms with Crippen LogP contribution in [0.25, 0.3) is 0 Å². The van der Waals surface area contributed by atoms with Crippen LogP contribution in [0.2, 0.25) is 12.6 Å². The topological polar surface area (TPSA) is 27.7 Å². The molecule has 0 aliphatic carbocycles. The van der Waals surface area contributed by atoms with E-state index in [2.05, 4.69) is 11.5 Å². The third kappa shape index (κ3) is 1.79. The highest BCUT2D eigenvalue weighted by Gasteiger charge is 2.57. The Labute approximate surface area is 98.6 Å². The third-order valence-corrected chi connectivity index (χ3v) is 6.00. The molecule has 88 valence electrons. The minimum Gasteiger partial charge on any atom is -0.385 e. The van der Waals surface area contributed by atoms with Crippen LogP contribution in [0.5, 0.6) is 0 Å². The minimum absolute atomic E-state index is 0.660. The number of hydrogen-bond donors (Lipinski definition) is 0. The summed E-state index contributed by atoms with van der Waals surface area (Å²) in [6.07, 6.45) is 11.7. The van der Waals surface area contributed by atoms with E-state index in [4.69, 9.17) is 26.7 Å². The maximum Gasteiger partial charge on any atom is 0.270 e. The minimum atomic E-state index is -2.16. The monoisotopic (exact) mass is 238 g/mol. The van der Waals surface area contributed by atoms with Crippen LogP contribution in [0, 0.1) is 24.3 Å². The van der Waals surface area contributed by atoms with Crippen LogP contribution < -0.4 is 0 Å². The van der Waals surface area contributed by atoms with E-state index in [0.29, 0.717) is 6.42 Å². The molecule has 0 aromatic rings. The van der Waals surface area contributed by atoms with Gasteiger partial charge in [-0.25, -0.2) is 0 Å². The van der Waals surface area contributed by atoms with E-state index < -0.39 is 19.7 Å². The van der Waals surface area contributed by atoms with E-state index in [-0.39, 0.29) is 0 Å². The quantitative estimate of drug-likeness (QED) is 0.415. The molecule has 16 heavy (non-hydrogen) atoms. The van der Waals surface area contributed by atoms with Crippen LogP contribution >= 0.6 is 0 Å². The van der Waals surface area contributed by atoms with Gasteiger partial charge >= 0.3 is 0 Å². The summed E-state index contributed by atoms with van der Waals surface area (Å²) in [5.41, 5.74) is 1.84. The number of ether oxygens (including phenoxy) is 2. The predicted molar refractivity (Wildman–Crippen MR) is 64.9 cm³/mol. The van der Waals surface area contributed by atoms with Crippen molar-refractivity contribution in [2.45, 2.75) is 37.3 Å². The molecule has 1 heterocycles. The Hall–Kier alpha value is -0.783. The van der Waals surface area contributed by atoms with Gasteiger partial charge in [-0.3, -0.25) is 0 Å². The smallest absolute Gasteiger partial charge is 0.270 e. The van der Waals surface area contributed by atoms with Crippen molar-refractivity contribution in [2.75, 3.05) is 14.2 Å². The fourth-order valence-electron chi connectivity index (χ4n) is 2.14. The van der Waals surface area contributed by atoms with Crippen LogP contribution in [0.15, 0.2) is 0 Å². The molecule has 4 heteroatoms. The number of hydrogen-bond acceptors (Lipinski definition) is 3. The zero-order valence-corrected chi connectivity index (χ0v) is 11.3. The van der Waals surface area contributed by atoms with Gasteiger partial charge in [0.1, 0.15) is 0 Å². The first-order chi connectivity index (χ1) is 7.41. The molecular formula is C12H18O3Si. The van der Waals surface area contributed by atoms with Gasteiger partial charge in [-0.1, -0.05) is 5.92 Å². The largest absolute Gasteiger partial charge is 0.385 e. The van der Waals surface area contributed by atoms with Crippen molar-refractivity contribution >= 4 is 8.32 Å². The van der Waals surface area contributed by atoms with Gasteiger partial charge in [0, 0.05) is 20.6 Å². The summed E-state index contributed by atoms with van der Waals surface area (Å²) >= 11 is 0. The Morgan fingerprint density at radius 2 is 1.88 bits per heavy atom. The van der Waals surface area contributed by atoms with E-state index in [0.717, 1.165) is 6.04 Å². The zero-order chi connectivity index (χ0) is 12.4. The molecule has 1 fully saturated rings. The van der Waals surface area contributed by atoms with E-state index in [1.54, 1.807) is 21.1 Å². The summed E-state index contributed by atoms with van der Waals surface area (Å²) in [6.45, 7) is 3.78. The van der Waals surface area contributed by atoms with Gasteiger partial charge in [-0.2, -0.15) is 0 Å². The standard InChI is InChI=1S/C12H18O3Si/c1-7-11(3)12(13-4,14-5)9-10-16(6,8-2)15-11/h1-2H,9-10H2,3-6H3. The second-order valence-electron chi connectivity index (χ2n) is 4.32. The Morgan fingerprint density at radius 3 is 2.25 bits per heavy atom. The maximum atomic E-state index is 5.97. The van der Waals surface area contributed by atoms with Gasteiger partial charge in [0.2, 0.25) is 5.79 Å². The first-order valence-corrected chi connectivity index (χ1v) is 7.78. The molecule has 0 aromatic heterocycles. The lowest BCUT2D eigenvalue weighted by molar-refractivity contribution is -0.281. The summed E-state index contributed by atoms with van der Waals surface area (Å²) in [4.78, 5) is 0. The molecule has 1 aliphatic heterocycles. The Morgan fingerprint density at radius 1 is 1.31 bits per heavy atom. The van der Waals surface area contributed by atoms with Crippen LogP contribution in [-0.4, -0.2) is 33.9 Å². The van der Waals surface area contributed by atoms with Gasteiger partial charge in [-0.05, 0) is 19.5 Å². The Kier molecular flexibility index (Phi) is 3.52. The molecule has 2 unspecified atom stereocenters. The summed E-state index contributed by atoms with van der Waals surface area (Å²) in [6, 6.07) is 0.780. The normalized spacial score (nSPS) is 37.4. The Balaban J connectivity index is 3.13. The summed E-state index contributed by atoms with van der Waals surface area (Å²) < 4.78 is 16.8. The number of terminal acetylenes is 2. The van der Waals surface area contributed by atoms with Crippen molar-refractivity contribution in [2.24, 2.45) is 0 Å². The molecule has 2 atom stereocenters. The molecule has 0 radical (unpaired) electrons. The van der Waals surface area contributed by atoms with Crippen molar-refractivity contribution in [1.29, 1.82) is 0 Å². The molecule has 0 bridgehead atoms. The first-order valence-electron chi connectivity index (χ1n) is 5.17. The van der Waals surface area contributed by atoms with Gasteiger partial charge in [-0.15, -0.1) is 18.4 Å². The summed E-state index contributed by atoms with van der Waals surface area (Å²) in [5, 5.41) is 0. The molecule has 0 aromatic carbocycles. The van der Waals surface area contributed by atoms with Crippen LogP contribution in [0.3, 0.4) is 0 Å². The maximum absolute atomic E-state index is 5.97. The van der Waals surface area contributed by atoms with Crippen molar-refractivity contribution in [3.05, 3.63) is 0 Å². The highest BCUT2D eigenvalue weighted by Crippen LogP contribution is 2.42. The molecular weight excluding hydrogens is 220 g/mol. The van der Waals surface area contributed by atoms with E-state index in [9.17, 15) is 0 Å². The first kappa shape index (κ1) is 13.3. The molecule has 1 aliphatic rings.